The molecule has 0 aliphatic carbocycles. The molecule has 0 amide bonds. The average molecular weight is 243 g/mol. The van der Waals surface area contributed by atoms with Gasteiger partial charge in [-0.1, -0.05) is 23.2 Å². The molecule has 0 radical (unpaired) electrons. The van der Waals surface area contributed by atoms with Crippen LogP contribution in [-0.2, 0) is 6.61 Å². The van der Waals surface area contributed by atoms with Crippen LogP contribution in [0.5, 0.6) is 5.75 Å². The lowest BCUT2D eigenvalue weighted by Crippen LogP contribution is -2.05. The molecule has 0 aliphatic rings. The number of ether oxygens (including phenoxy) is 1. The first-order valence-corrected chi connectivity index (χ1v) is 4.33. The van der Waals surface area contributed by atoms with Crippen LogP contribution in [0, 0.1) is 0 Å². The van der Waals surface area contributed by atoms with E-state index in [0.717, 1.165) is 0 Å². The van der Waals surface area contributed by atoms with E-state index < -0.39 is 13.2 Å². The molecular formula is C8H6Cl2F2O2. The number of aliphatic hydroxyl groups is 1. The van der Waals surface area contributed by atoms with Crippen molar-refractivity contribution in [1.82, 2.24) is 0 Å². The molecule has 0 atom stereocenters. The third-order valence-electron chi connectivity index (χ3n) is 1.46. The van der Waals surface area contributed by atoms with E-state index in [1.54, 1.807) is 0 Å². The summed E-state index contributed by atoms with van der Waals surface area (Å²) in [7, 11) is 0. The highest BCUT2D eigenvalue weighted by Crippen LogP contribution is 2.33. The summed E-state index contributed by atoms with van der Waals surface area (Å²) >= 11 is 11.2. The second-order valence-corrected chi connectivity index (χ2v) is 3.26. The SMILES string of the molecule is OCc1cc(Cl)cc(Cl)c1OC(F)F. The van der Waals surface area contributed by atoms with E-state index in [0.29, 0.717) is 0 Å². The van der Waals surface area contributed by atoms with Crippen molar-refractivity contribution in [3.8, 4) is 5.75 Å². The molecule has 0 heterocycles. The largest absolute Gasteiger partial charge is 0.433 e. The van der Waals surface area contributed by atoms with Crippen LogP contribution in [0.3, 0.4) is 0 Å². The molecule has 14 heavy (non-hydrogen) atoms. The Balaban J connectivity index is 3.11. The predicted octanol–water partition coefficient (Wildman–Crippen LogP) is 3.09. The minimum absolute atomic E-state index is 0.0538. The Labute approximate surface area is 89.0 Å². The number of rotatable bonds is 3. The number of aliphatic hydroxyl groups excluding tert-OH is 1. The van der Waals surface area contributed by atoms with Crippen LogP contribution < -0.4 is 4.74 Å². The van der Waals surface area contributed by atoms with Gasteiger partial charge < -0.3 is 9.84 Å². The topological polar surface area (TPSA) is 29.5 Å². The van der Waals surface area contributed by atoms with E-state index in [1.807, 2.05) is 0 Å². The maximum atomic E-state index is 11.9. The van der Waals surface area contributed by atoms with Crippen LogP contribution in [0.25, 0.3) is 0 Å². The molecule has 6 heteroatoms. The zero-order valence-electron chi connectivity index (χ0n) is 6.81. The minimum Gasteiger partial charge on any atom is -0.433 e. The van der Waals surface area contributed by atoms with E-state index >= 15 is 0 Å². The average Bonchev–Trinajstić information content (AvgIpc) is 2.08. The van der Waals surface area contributed by atoms with Crippen LogP contribution in [0.1, 0.15) is 5.56 Å². The summed E-state index contributed by atoms with van der Waals surface area (Å²) < 4.78 is 28.0. The number of hydrogen-bond donors (Lipinski definition) is 1. The Morgan fingerprint density at radius 1 is 1.36 bits per heavy atom. The van der Waals surface area contributed by atoms with Crippen molar-refractivity contribution in [2.45, 2.75) is 13.2 Å². The summed E-state index contributed by atoms with van der Waals surface area (Å²) in [5.74, 6) is -0.242. The molecule has 0 saturated heterocycles. The fourth-order valence-electron chi connectivity index (χ4n) is 0.952. The Bertz CT molecular complexity index is 331. The van der Waals surface area contributed by atoms with E-state index in [9.17, 15) is 8.78 Å². The summed E-state index contributed by atoms with van der Waals surface area (Å²) in [5.41, 5.74) is 0.128. The first-order valence-electron chi connectivity index (χ1n) is 3.58. The van der Waals surface area contributed by atoms with Gasteiger partial charge in [-0.2, -0.15) is 8.78 Å². The second-order valence-electron chi connectivity index (χ2n) is 2.41. The summed E-state index contributed by atoms with van der Waals surface area (Å²) in [4.78, 5) is 0. The van der Waals surface area contributed by atoms with E-state index in [2.05, 4.69) is 4.74 Å². The van der Waals surface area contributed by atoms with Gasteiger partial charge in [-0.05, 0) is 12.1 Å². The molecule has 1 aromatic rings. The fraction of sp³-hybridized carbons (Fsp3) is 0.250. The molecular weight excluding hydrogens is 237 g/mol. The van der Waals surface area contributed by atoms with Crippen molar-refractivity contribution in [2.75, 3.05) is 0 Å². The molecule has 1 N–H and O–H groups in total. The molecule has 0 unspecified atom stereocenters. The van der Waals surface area contributed by atoms with Crippen LogP contribution in [0.4, 0.5) is 8.78 Å². The Kier molecular flexibility index (Phi) is 3.92. The Hall–Kier alpha value is -0.580. The maximum absolute atomic E-state index is 11.9. The van der Waals surface area contributed by atoms with Gasteiger partial charge in [0.2, 0.25) is 0 Å². The highest BCUT2D eigenvalue weighted by atomic mass is 35.5. The number of halogens is 4. The van der Waals surface area contributed by atoms with Crippen molar-refractivity contribution < 1.29 is 18.6 Å². The lowest BCUT2D eigenvalue weighted by molar-refractivity contribution is -0.0508. The maximum Gasteiger partial charge on any atom is 0.387 e. The normalized spacial score (nSPS) is 10.7. The van der Waals surface area contributed by atoms with Gasteiger partial charge in [-0.25, -0.2) is 0 Å². The van der Waals surface area contributed by atoms with Crippen LogP contribution >= 0.6 is 23.2 Å². The smallest absolute Gasteiger partial charge is 0.387 e. The summed E-state index contributed by atoms with van der Waals surface area (Å²) in [5, 5.41) is 9.03. The number of alkyl halides is 2. The molecule has 1 rings (SSSR count). The highest BCUT2D eigenvalue weighted by molar-refractivity contribution is 6.35. The standard InChI is InChI=1S/C8H6Cl2F2O2/c9-5-1-4(3-13)7(6(10)2-5)14-8(11)12/h1-2,8,13H,3H2. The zero-order chi connectivity index (χ0) is 10.7. The third-order valence-corrected chi connectivity index (χ3v) is 1.96. The molecule has 2 nitrogen and oxygen atoms in total. The van der Waals surface area contributed by atoms with Crippen molar-refractivity contribution in [1.29, 1.82) is 0 Å². The first-order chi connectivity index (χ1) is 6.54. The molecule has 0 aromatic heterocycles. The molecule has 0 fully saturated rings. The summed E-state index contributed by atoms with van der Waals surface area (Å²) in [6.07, 6.45) is 0. The third kappa shape index (κ3) is 2.70. The van der Waals surface area contributed by atoms with Gasteiger partial charge in [0, 0.05) is 10.6 Å². The van der Waals surface area contributed by atoms with Gasteiger partial charge in [0.25, 0.3) is 0 Å². The lowest BCUT2D eigenvalue weighted by atomic mass is 10.2. The second kappa shape index (κ2) is 4.77. The summed E-state index contributed by atoms with van der Waals surface area (Å²) in [6, 6.07) is 2.57. The lowest BCUT2D eigenvalue weighted by Gasteiger charge is -2.11. The van der Waals surface area contributed by atoms with E-state index in [4.69, 9.17) is 28.3 Å². The van der Waals surface area contributed by atoms with Crippen LogP contribution in [0.2, 0.25) is 10.0 Å². The van der Waals surface area contributed by atoms with Gasteiger partial charge in [0.05, 0.1) is 11.6 Å². The highest BCUT2D eigenvalue weighted by Gasteiger charge is 2.14. The minimum atomic E-state index is -2.99. The molecule has 1 aromatic carbocycles. The summed E-state index contributed by atoms with van der Waals surface area (Å²) in [6.45, 7) is -3.46. The molecule has 0 spiro atoms. The quantitative estimate of drug-likeness (QED) is 0.883. The Morgan fingerprint density at radius 3 is 2.50 bits per heavy atom. The molecule has 78 valence electrons. The van der Waals surface area contributed by atoms with Crippen molar-refractivity contribution in [3.05, 3.63) is 27.7 Å². The zero-order valence-corrected chi connectivity index (χ0v) is 8.32. The predicted molar refractivity (Wildman–Crippen MR) is 49.0 cm³/mol. The fourth-order valence-corrected chi connectivity index (χ4v) is 1.53. The number of benzene rings is 1. The molecule has 0 aliphatic heterocycles. The van der Waals surface area contributed by atoms with Crippen LogP contribution in [-0.4, -0.2) is 11.7 Å². The number of hydrogen-bond acceptors (Lipinski definition) is 2. The van der Waals surface area contributed by atoms with E-state index in [1.165, 1.54) is 12.1 Å². The van der Waals surface area contributed by atoms with Crippen molar-refractivity contribution in [2.24, 2.45) is 0 Å². The Morgan fingerprint density at radius 2 is 2.00 bits per heavy atom. The van der Waals surface area contributed by atoms with E-state index in [-0.39, 0.29) is 21.4 Å². The van der Waals surface area contributed by atoms with Gasteiger partial charge in [-0.15, -0.1) is 0 Å². The molecule has 0 bridgehead atoms. The molecule has 0 saturated carbocycles. The van der Waals surface area contributed by atoms with Gasteiger partial charge >= 0.3 is 6.61 Å². The van der Waals surface area contributed by atoms with Crippen molar-refractivity contribution >= 4 is 23.2 Å². The van der Waals surface area contributed by atoms with Crippen LogP contribution in [0.15, 0.2) is 12.1 Å². The van der Waals surface area contributed by atoms with Gasteiger partial charge in [0.1, 0.15) is 5.75 Å². The van der Waals surface area contributed by atoms with Gasteiger partial charge in [0.15, 0.2) is 0 Å². The van der Waals surface area contributed by atoms with Gasteiger partial charge in [-0.3, -0.25) is 0 Å². The van der Waals surface area contributed by atoms with Crippen molar-refractivity contribution in [3.63, 3.8) is 0 Å². The first kappa shape index (κ1) is 11.5. The monoisotopic (exact) mass is 242 g/mol.